The fourth-order valence-corrected chi connectivity index (χ4v) is 4.01. The fraction of sp³-hybridized carbons (Fsp3) is 0.241. The van der Waals surface area contributed by atoms with Gasteiger partial charge in [-0.05, 0) is 66.8 Å². The molecule has 0 fully saturated rings. The van der Waals surface area contributed by atoms with E-state index in [0.717, 1.165) is 33.7 Å². The molecule has 1 aliphatic heterocycles. The van der Waals surface area contributed by atoms with Crippen molar-refractivity contribution in [1.29, 1.82) is 0 Å². The molecule has 1 aromatic carbocycles. The van der Waals surface area contributed by atoms with Gasteiger partial charge in [-0.15, -0.1) is 0 Å². The van der Waals surface area contributed by atoms with Gasteiger partial charge < -0.3 is 10.5 Å². The van der Waals surface area contributed by atoms with Crippen molar-refractivity contribution in [2.45, 2.75) is 26.2 Å². The molecule has 0 bridgehead atoms. The van der Waals surface area contributed by atoms with Crippen LogP contribution in [0.4, 0.5) is 4.39 Å². The molecule has 0 radical (unpaired) electrons. The van der Waals surface area contributed by atoms with E-state index in [1.54, 1.807) is 19.2 Å². The highest BCUT2D eigenvalue weighted by molar-refractivity contribution is 6.13. The lowest BCUT2D eigenvalue weighted by Gasteiger charge is -2.14. The molecule has 1 aliphatic rings. The van der Waals surface area contributed by atoms with Gasteiger partial charge in [-0.1, -0.05) is 24.8 Å². The molecule has 3 aromatic rings. The molecule has 0 amide bonds. The summed E-state index contributed by atoms with van der Waals surface area (Å²) in [7, 11) is 0. The minimum atomic E-state index is -0.444. The fourth-order valence-electron chi connectivity index (χ4n) is 4.01. The first-order valence-corrected chi connectivity index (χ1v) is 12.2. The summed E-state index contributed by atoms with van der Waals surface area (Å²) in [6.07, 6.45) is 11.3. The van der Waals surface area contributed by atoms with E-state index in [4.69, 9.17) is 10.5 Å². The molecule has 0 spiro atoms. The molecular formula is C29H30FN5O2. The quantitative estimate of drug-likeness (QED) is 0.205. The highest BCUT2D eigenvalue weighted by Gasteiger charge is 2.16. The van der Waals surface area contributed by atoms with Crippen LogP contribution in [-0.2, 0) is 6.42 Å². The van der Waals surface area contributed by atoms with Crippen LogP contribution in [-0.4, -0.2) is 40.3 Å². The van der Waals surface area contributed by atoms with Crippen LogP contribution < -0.4 is 10.5 Å². The van der Waals surface area contributed by atoms with Crippen LogP contribution in [0.3, 0.4) is 0 Å². The SMILES string of the molecule is C=CC(F)=CC=C(C)Oc1ccc(CCCC(=O)c2n[nH]c3ccc(C4=CC(CN)CN=C4)cc23)cn1. The van der Waals surface area contributed by atoms with Crippen LogP contribution in [0.2, 0.25) is 0 Å². The number of hydrogen-bond donors (Lipinski definition) is 2. The second kappa shape index (κ2) is 12.2. The van der Waals surface area contributed by atoms with Gasteiger partial charge in [-0.2, -0.15) is 5.10 Å². The van der Waals surface area contributed by atoms with Crippen molar-refractivity contribution in [3.63, 3.8) is 0 Å². The Morgan fingerprint density at radius 1 is 1.30 bits per heavy atom. The molecule has 0 saturated carbocycles. The monoisotopic (exact) mass is 499 g/mol. The van der Waals surface area contributed by atoms with Gasteiger partial charge in [-0.3, -0.25) is 14.9 Å². The summed E-state index contributed by atoms with van der Waals surface area (Å²) in [5.74, 6) is 0.684. The first-order valence-electron chi connectivity index (χ1n) is 12.2. The van der Waals surface area contributed by atoms with Gasteiger partial charge in [0.25, 0.3) is 0 Å². The highest BCUT2D eigenvalue weighted by Crippen LogP contribution is 2.25. The zero-order valence-electron chi connectivity index (χ0n) is 20.8. The number of carbonyl (C=O) groups excluding carboxylic acids is 1. The summed E-state index contributed by atoms with van der Waals surface area (Å²) in [4.78, 5) is 21.7. The summed E-state index contributed by atoms with van der Waals surface area (Å²) in [6.45, 7) is 6.33. The second-order valence-electron chi connectivity index (χ2n) is 8.86. The van der Waals surface area contributed by atoms with Crippen molar-refractivity contribution < 1.29 is 13.9 Å². The third-order valence-corrected chi connectivity index (χ3v) is 6.05. The molecule has 190 valence electrons. The maximum Gasteiger partial charge on any atom is 0.218 e. The maximum absolute atomic E-state index is 13.1. The summed E-state index contributed by atoms with van der Waals surface area (Å²) >= 11 is 0. The number of ether oxygens (including phenoxy) is 1. The third-order valence-electron chi connectivity index (χ3n) is 6.05. The molecule has 8 heteroatoms. The van der Waals surface area contributed by atoms with E-state index in [0.29, 0.717) is 49.7 Å². The lowest BCUT2D eigenvalue weighted by molar-refractivity contribution is 0.0977. The number of dihydropyridines is 1. The maximum atomic E-state index is 13.1. The first-order chi connectivity index (χ1) is 18.0. The van der Waals surface area contributed by atoms with Gasteiger partial charge in [0.2, 0.25) is 5.88 Å². The number of aromatic amines is 1. The highest BCUT2D eigenvalue weighted by atomic mass is 19.1. The van der Waals surface area contributed by atoms with Crippen LogP contribution >= 0.6 is 0 Å². The minimum Gasteiger partial charge on any atom is -0.444 e. The zero-order valence-corrected chi connectivity index (χ0v) is 20.8. The summed E-state index contributed by atoms with van der Waals surface area (Å²) in [5.41, 5.74) is 10.1. The van der Waals surface area contributed by atoms with Gasteiger partial charge in [0, 0.05) is 49.3 Å². The number of benzene rings is 1. The standard InChI is InChI=1S/C29H30FN5O2/c1-3-24(30)10-7-19(2)37-28-12-8-20(17-33-28)5-4-6-27(36)29-25-14-22(9-11-26(25)34-35-29)23-13-21(15-31)16-32-18-23/h3,7-14,17-18,21H,1,4-6,15-16,31H2,2H3,(H,34,35). The number of nitrogens with two attached hydrogens (primary N) is 1. The molecule has 3 N–H and O–H groups in total. The predicted octanol–water partition coefficient (Wildman–Crippen LogP) is 5.53. The van der Waals surface area contributed by atoms with Crippen molar-refractivity contribution >= 4 is 28.5 Å². The molecule has 1 atom stereocenters. The normalized spacial score (nSPS) is 16.1. The number of nitrogens with one attached hydrogen (secondary N) is 1. The Morgan fingerprint density at radius 2 is 2.16 bits per heavy atom. The lowest BCUT2D eigenvalue weighted by Crippen LogP contribution is -2.18. The van der Waals surface area contributed by atoms with Crippen LogP contribution in [0.1, 0.15) is 41.4 Å². The molecule has 3 heterocycles. The van der Waals surface area contributed by atoms with Crippen LogP contribution in [0.5, 0.6) is 5.88 Å². The number of rotatable bonds is 11. The first kappa shape index (κ1) is 25.9. The Bertz CT molecular complexity index is 1400. The molecule has 2 aromatic heterocycles. The van der Waals surface area contributed by atoms with E-state index >= 15 is 0 Å². The van der Waals surface area contributed by atoms with Crippen molar-refractivity contribution in [3.05, 3.63) is 95.8 Å². The Labute approximate surface area is 215 Å². The van der Waals surface area contributed by atoms with Gasteiger partial charge in [0.05, 0.1) is 5.52 Å². The van der Waals surface area contributed by atoms with E-state index in [1.165, 1.54) is 12.2 Å². The van der Waals surface area contributed by atoms with Crippen molar-refractivity contribution in [1.82, 2.24) is 15.2 Å². The molecule has 1 unspecified atom stereocenters. The number of nitrogens with zero attached hydrogens (tertiary/aromatic N) is 3. The number of H-pyrrole nitrogens is 1. The second-order valence-corrected chi connectivity index (χ2v) is 8.86. The summed E-state index contributed by atoms with van der Waals surface area (Å²) in [6, 6.07) is 9.59. The number of carbonyl (C=O) groups is 1. The predicted molar refractivity (Wildman–Crippen MR) is 145 cm³/mol. The number of aromatic nitrogens is 3. The number of allylic oxidation sites excluding steroid dienone is 6. The largest absolute Gasteiger partial charge is 0.444 e. The molecule has 0 aliphatic carbocycles. The molecule has 4 rings (SSSR count). The van der Waals surface area contributed by atoms with Gasteiger partial charge >= 0.3 is 0 Å². The number of Topliss-reactive ketones (excluding diaryl/α,β-unsaturated/α-hetero) is 1. The van der Waals surface area contributed by atoms with Crippen molar-refractivity contribution in [3.8, 4) is 5.88 Å². The average Bonchev–Trinajstić information content (AvgIpc) is 3.36. The van der Waals surface area contributed by atoms with Gasteiger partial charge in [0.15, 0.2) is 5.78 Å². The lowest BCUT2D eigenvalue weighted by atomic mass is 9.96. The van der Waals surface area contributed by atoms with Crippen molar-refractivity contribution in [2.75, 3.05) is 13.1 Å². The molecular weight excluding hydrogens is 469 g/mol. The third kappa shape index (κ3) is 6.74. The Kier molecular flexibility index (Phi) is 8.53. The number of halogens is 1. The Hall–Kier alpha value is -4.17. The molecule has 7 nitrogen and oxygen atoms in total. The summed E-state index contributed by atoms with van der Waals surface area (Å²) < 4.78 is 18.7. The average molecular weight is 500 g/mol. The summed E-state index contributed by atoms with van der Waals surface area (Å²) in [5, 5.41) is 8.07. The van der Waals surface area contributed by atoms with E-state index in [1.807, 2.05) is 30.5 Å². The number of hydrogen-bond acceptors (Lipinski definition) is 6. The topological polar surface area (TPSA) is 106 Å². The van der Waals surface area contributed by atoms with Gasteiger partial charge in [0.1, 0.15) is 17.3 Å². The minimum absolute atomic E-state index is 0.0111. The van der Waals surface area contributed by atoms with Crippen LogP contribution in [0.25, 0.3) is 16.5 Å². The van der Waals surface area contributed by atoms with Crippen LogP contribution in [0.15, 0.2) is 84.0 Å². The number of pyridine rings is 1. The zero-order chi connectivity index (χ0) is 26.2. The molecule has 0 saturated heterocycles. The number of ketones is 1. The Balaban J connectivity index is 1.35. The van der Waals surface area contributed by atoms with Gasteiger partial charge in [-0.25, -0.2) is 9.37 Å². The number of aryl methyl sites for hydroxylation is 1. The molecule has 37 heavy (non-hydrogen) atoms. The Morgan fingerprint density at radius 3 is 2.92 bits per heavy atom. The van der Waals surface area contributed by atoms with Crippen LogP contribution in [0, 0.1) is 5.92 Å². The number of aliphatic imine (C=N–C) groups is 1. The number of fused-ring (bicyclic) bond motifs is 1. The van der Waals surface area contributed by atoms with E-state index in [2.05, 4.69) is 32.8 Å². The smallest absolute Gasteiger partial charge is 0.218 e. The van der Waals surface area contributed by atoms with Crippen molar-refractivity contribution in [2.24, 2.45) is 16.6 Å². The van der Waals surface area contributed by atoms with E-state index in [-0.39, 0.29) is 11.7 Å². The van der Waals surface area contributed by atoms with E-state index in [9.17, 15) is 9.18 Å². The van der Waals surface area contributed by atoms with E-state index < -0.39 is 5.83 Å².